The number of rotatable bonds is 6. The molecule has 0 amide bonds. The number of esters is 1. The Labute approximate surface area is 127 Å². The van der Waals surface area contributed by atoms with Gasteiger partial charge in [-0.15, -0.1) is 0 Å². The van der Waals surface area contributed by atoms with Gasteiger partial charge in [-0.25, -0.2) is 14.8 Å². The lowest BCUT2D eigenvalue weighted by atomic mass is 10.2. The zero-order chi connectivity index (χ0) is 16.1. The van der Waals surface area contributed by atoms with Crippen LogP contribution in [0.1, 0.15) is 26.3 Å². The molecule has 0 unspecified atom stereocenters. The van der Waals surface area contributed by atoms with Gasteiger partial charge in [0, 0.05) is 11.8 Å². The summed E-state index contributed by atoms with van der Waals surface area (Å²) in [6.07, 6.45) is 3.99. The van der Waals surface area contributed by atoms with Gasteiger partial charge in [-0.3, -0.25) is 0 Å². The number of H-pyrrole nitrogens is 1. The van der Waals surface area contributed by atoms with Crippen LogP contribution in [0.3, 0.4) is 0 Å². The molecular weight excluding hydrogens is 289 g/mol. The summed E-state index contributed by atoms with van der Waals surface area (Å²) in [5.41, 5.74) is 0.941. The highest BCUT2D eigenvalue weighted by atomic mass is 19.1. The van der Waals surface area contributed by atoms with Crippen LogP contribution >= 0.6 is 0 Å². The van der Waals surface area contributed by atoms with E-state index in [1.165, 1.54) is 6.33 Å². The first-order chi connectivity index (χ1) is 10.5. The summed E-state index contributed by atoms with van der Waals surface area (Å²) in [5.74, 6) is -1.32. The molecular formula is C15H18FN3O3. The molecule has 0 saturated heterocycles. The fourth-order valence-corrected chi connectivity index (χ4v) is 1.82. The molecule has 1 N–H and O–H groups in total. The molecule has 0 aliphatic heterocycles. The van der Waals surface area contributed by atoms with Crippen molar-refractivity contribution in [2.45, 2.75) is 20.8 Å². The van der Waals surface area contributed by atoms with Gasteiger partial charge in [-0.1, -0.05) is 13.8 Å². The van der Waals surface area contributed by atoms with Gasteiger partial charge in [-0.05, 0) is 18.9 Å². The summed E-state index contributed by atoms with van der Waals surface area (Å²) in [7, 11) is 0. The van der Waals surface area contributed by atoms with Crippen LogP contribution in [0.2, 0.25) is 0 Å². The number of nitrogens with zero attached hydrogens (tertiary/aromatic N) is 2. The highest BCUT2D eigenvalue weighted by Crippen LogP contribution is 2.27. The monoisotopic (exact) mass is 307 g/mol. The highest BCUT2D eigenvalue weighted by Gasteiger charge is 2.15. The average molecular weight is 307 g/mol. The van der Waals surface area contributed by atoms with Gasteiger partial charge in [-0.2, -0.15) is 4.39 Å². The molecule has 2 aromatic rings. The molecule has 0 aromatic carbocycles. The Morgan fingerprint density at radius 2 is 2.23 bits per heavy atom. The number of carbonyl (C=O) groups is 1. The molecule has 2 rings (SSSR count). The minimum absolute atomic E-state index is 0.111. The Hall–Kier alpha value is -2.44. The molecule has 0 atom stereocenters. The summed E-state index contributed by atoms with van der Waals surface area (Å²) in [6, 6.07) is 0. The van der Waals surface area contributed by atoms with Crippen LogP contribution in [0.15, 0.2) is 18.4 Å². The molecule has 7 heteroatoms. The first kappa shape index (κ1) is 15.9. The van der Waals surface area contributed by atoms with Gasteiger partial charge in [0.25, 0.3) is 0 Å². The van der Waals surface area contributed by atoms with E-state index in [2.05, 4.69) is 19.7 Å². The van der Waals surface area contributed by atoms with Gasteiger partial charge in [0.1, 0.15) is 12.0 Å². The third kappa shape index (κ3) is 3.60. The van der Waals surface area contributed by atoms with Crippen molar-refractivity contribution >= 4 is 23.1 Å². The van der Waals surface area contributed by atoms with E-state index in [9.17, 15) is 9.18 Å². The molecule has 6 nitrogen and oxygen atoms in total. The fraction of sp³-hybridized carbons (Fsp3) is 0.400. The van der Waals surface area contributed by atoms with Crippen LogP contribution in [0.25, 0.3) is 17.1 Å². The molecule has 0 spiro atoms. The molecule has 2 aromatic heterocycles. The van der Waals surface area contributed by atoms with Crippen molar-refractivity contribution in [3.05, 3.63) is 23.9 Å². The predicted octanol–water partition coefficient (Wildman–Crippen LogP) is 2.87. The van der Waals surface area contributed by atoms with Crippen LogP contribution < -0.4 is 4.74 Å². The lowest BCUT2D eigenvalue weighted by molar-refractivity contribution is -0.140. The summed E-state index contributed by atoms with van der Waals surface area (Å²) >= 11 is 0. The highest BCUT2D eigenvalue weighted by molar-refractivity contribution is 5.97. The van der Waals surface area contributed by atoms with E-state index < -0.39 is 11.8 Å². The summed E-state index contributed by atoms with van der Waals surface area (Å²) < 4.78 is 24.1. The first-order valence-electron chi connectivity index (χ1n) is 7.02. The number of aromatic amines is 1. The van der Waals surface area contributed by atoms with E-state index >= 15 is 0 Å². The van der Waals surface area contributed by atoms with Gasteiger partial charge in [0.05, 0.1) is 18.6 Å². The van der Waals surface area contributed by atoms with E-state index in [0.29, 0.717) is 35.0 Å². The topological polar surface area (TPSA) is 77.1 Å². The van der Waals surface area contributed by atoms with Gasteiger partial charge >= 0.3 is 5.97 Å². The van der Waals surface area contributed by atoms with Crippen molar-refractivity contribution in [2.75, 3.05) is 13.2 Å². The Bertz CT molecular complexity index is 694. The number of fused-ring (bicyclic) bond motifs is 1. The molecule has 0 saturated carbocycles. The van der Waals surface area contributed by atoms with Crippen LogP contribution in [0, 0.1) is 5.92 Å². The zero-order valence-corrected chi connectivity index (χ0v) is 12.7. The van der Waals surface area contributed by atoms with Crippen LogP contribution in [0.5, 0.6) is 5.88 Å². The van der Waals surface area contributed by atoms with Gasteiger partial charge in [0.2, 0.25) is 11.7 Å². The third-order valence-electron chi connectivity index (χ3n) is 2.77. The maximum Gasteiger partial charge on any atom is 0.367 e. The average Bonchev–Trinajstić information content (AvgIpc) is 2.89. The van der Waals surface area contributed by atoms with Crippen molar-refractivity contribution in [1.29, 1.82) is 0 Å². The number of aromatic nitrogens is 3. The Morgan fingerprint density at radius 1 is 1.45 bits per heavy atom. The summed E-state index contributed by atoms with van der Waals surface area (Å²) in [6.45, 7) is 6.22. The molecule has 0 aliphatic rings. The lowest BCUT2D eigenvalue weighted by Gasteiger charge is -2.08. The van der Waals surface area contributed by atoms with E-state index in [0.717, 1.165) is 6.08 Å². The molecule has 0 aliphatic carbocycles. The smallest absolute Gasteiger partial charge is 0.367 e. The first-order valence-corrected chi connectivity index (χ1v) is 7.02. The number of hydrogen-bond donors (Lipinski definition) is 1. The zero-order valence-electron chi connectivity index (χ0n) is 12.7. The summed E-state index contributed by atoms with van der Waals surface area (Å²) in [4.78, 5) is 22.4. The van der Waals surface area contributed by atoms with Crippen molar-refractivity contribution in [3.8, 4) is 5.88 Å². The minimum atomic E-state index is -1.00. The number of nitrogens with one attached hydrogen (secondary N) is 1. The second-order valence-corrected chi connectivity index (χ2v) is 5.06. The normalized spacial score (nSPS) is 12.0. The van der Waals surface area contributed by atoms with E-state index in [1.807, 2.05) is 13.8 Å². The second kappa shape index (κ2) is 7.02. The number of hydrogen-bond acceptors (Lipinski definition) is 5. The van der Waals surface area contributed by atoms with Crippen molar-refractivity contribution in [3.63, 3.8) is 0 Å². The van der Waals surface area contributed by atoms with Crippen LogP contribution in [0.4, 0.5) is 4.39 Å². The number of ether oxygens (including phenoxy) is 2. The predicted molar refractivity (Wildman–Crippen MR) is 79.9 cm³/mol. The van der Waals surface area contributed by atoms with Crippen molar-refractivity contribution in [1.82, 2.24) is 15.0 Å². The second-order valence-electron chi connectivity index (χ2n) is 5.06. The maximum absolute atomic E-state index is 13.8. The van der Waals surface area contributed by atoms with Gasteiger partial charge < -0.3 is 14.5 Å². The van der Waals surface area contributed by atoms with Gasteiger partial charge in [0.15, 0.2) is 0 Å². The SMILES string of the molecule is CCOC(=O)/C(F)=C/c1c[nH]c2ncnc(OCC(C)C)c12. The number of carbonyl (C=O) groups excluding carboxylic acids is 1. The molecule has 0 radical (unpaired) electrons. The van der Waals surface area contributed by atoms with E-state index in [1.54, 1.807) is 13.1 Å². The molecule has 0 fully saturated rings. The largest absolute Gasteiger partial charge is 0.477 e. The van der Waals surface area contributed by atoms with Crippen LogP contribution in [-0.2, 0) is 9.53 Å². The quantitative estimate of drug-likeness (QED) is 0.656. The molecule has 22 heavy (non-hydrogen) atoms. The summed E-state index contributed by atoms with van der Waals surface area (Å²) in [5, 5.41) is 0.530. The number of halogens is 1. The molecule has 118 valence electrons. The van der Waals surface area contributed by atoms with Crippen molar-refractivity contribution in [2.24, 2.45) is 5.92 Å². The minimum Gasteiger partial charge on any atom is -0.477 e. The van der Waals surface area contributed by atoms with E-state index in [-0.39, 0.29) is 6.61 Å². The van der Waals surface area contributed by atoms with Crippen LogP contribution in [-0.4, -0.2) is 34.1 Å². The maximum atomic E-state index is 13.8. The Morgan fingerprint density at radius 3 is 2.91 bits per heavy atom. The van der Waals surface area contributed by atoms with Crippen molar-refractivity contribution < 1.29 is 18.7 Å². The van der Waals surface area contributed by atoms with E-state index in [4.69, 9.17) is 4.74 Å². The lowest BCUT2D eigenvalue weighted by Crippen LogP contribution is -2.06. The third-order valence-corrected chi connectivity index (χ3v) is 2.77. The Balaban J connectivity index is 2.38. The standard InChI is InChI=1S/C15H18FN3O3/c1-4-21-15(20)11(16)5-10-6-17-13-12(10)14(19-8-18-13)22-7-9(2)3/h5-6,8-9H,4,7H2,1-3H3,(H,17,18,19)/b11-5-. The molecule has 2 heterocycles. The molecule has 0 bridgehead atoms. The Kier molecular flexibility index (Phi) is 5.08. The fourth-order valence-electron chi connectivity index (χ4n) is 1.82.